The number of amides is 1. The predicted molar refractivity (Wildman–Crippen MR) is 68.0 cm³/mol. The van der Waals surface area contributed by atoms with Crippen molar-refractivity contribution in [3.05, 3.63) is 0 Å². The van der Waals surface area contributed by atoms with E-state index in [1.165, 1.54) is 6.42 Å². The van der Waals surface area contributed by atoms with Gasteiger partial charge in [0.2, 0.25) is 0 Å². The van der Waals surface area contributed by atoms with Crippen molar-refractivity contribution in [1.29, 1.82) is 0 Å². The first-order valence-corrected chi connectivity index (χ1v) is 7.04. The minimum absolute atomic E-state index is 0.0464. The van der Waals surface area contributed by atoms with Gasteiger partial charge in [-0.15, -0.1) is 0 Å². The monoisotopic (exact) mass is 256 g/mol. The highest BCUT2D eigenvalue weighted by Crippen LogP contribution is 2.13. The second-order valence-corrected chi connectivity index (χ2v) is 5.13. The first-order chi connectivity index (χ1) is 8.75. The molecule has 0 radical (unpaired) electrons. The van der Waals surface area contributed by atoms with Crippen LogP contribution >= 0.6 is 0 Å². The summed E-state index contributed by atoms with van der Waals surface area (Å²) in [6.45, 7) is 5.04. The molecule has 18 heavy (non-hydrogen) atoms. The Morgan fingerprint density at radius 2 is 2.17 bits per heavy atom. The Balaban J connectivity index is 1.63. The number of nitrogens with one attached hydrogen (secondary N) is 1. The normalized spacial score (nSPS) is 27.1. The highest BCUT2D eigenvalue weighted by atomic mass is 16.5. The van der Waals surface area contributed by atoms with Crippen molar-refractivity contribution in [3.8, 4) is 0 Å². The lowest BCUT2D eigenvalue weighted by atomic mass is 10.2. The van der Waals surface area contributed by atoms with E-state index in [-0.39, 0.29) is 12.0 Å². The van der Waals surface area contributed by atoms with Crippen molar-refractivity contribution in [1.82, 2.24) is 10.4 Å². The average molecular weight is 256 g/mol. The molecule has 0 bridgehead atoms. The third-order valence-electron chi connectivity index (χ3n) is 3.55. The van der Waals surface area contributed by atoms with Gasteiger partial charge in [-0.1, -0.05) is 6.42 Å². The maximum absolute atomic E-state index is 11.9. The number of hydrogen-bond acceptors (Lipinski definition) is 4. The van der Waals surface area contributed by atoms with Gasteiger partial charge in [-0.05, 0) is 32.6 Å². The minimum atomic E-state index is -0.406. The fraction of sp³-hybridized carbons (Fsp3) is 0.923. The Hall–Kier alpha value is -0.650. The smallest absolute Gasteiger partial charge is 0.263 e. The Labute approximate surface area is 109 Å². The summed E-state index contributed by atoms with van der Waals surface area (Å²) in [5.74, 6) is -0.0464. The Bertz CT molecular complexity index is 261. The number of carbonyl (C=O) groups excluding carboxylic acids is 1. The maximum atomic E-state index is 11.9. The minimum Gasteiger partial charge on any atom is -0.376 e. The lowest BCUT2D eigenvalue weighted by Gasteiger charge is -2.28. The molecule has 2 aliphatic rings. The fourth-order valence-corrected chi connectivity index (χ4v) is 2.36. The molecule has 2 heterocycles. The fourth-order valence-electron chi connectivity index (χ4n) is 2.36. The summed E-state index contributed by atoms with van der Waals surface area (Å²) in [5, 5.41) is 2.00. The first-order valence-electron chi connectivity index (χ1n) is 7.04. The number of piperidine rings is 1. The van der Waals surface area contributed by atoms with Crippen LogP contribution in [0.25, 0.3) is 0 Å². The van der Waals surface area contributed by atoms with E-state index in [0.29, 0.717) is 6.61 Å². The lowest BCUT2D eigenvalue weighted by molar-refractivity contribution is -0.139. The summed E-state index contributed by atoms with van der Waals surface area (Å²) < 4.78 is 11.0. The molecular weight excluding hydrogens is 232 g/mol. The van der Waals surface area contributed by atoms with E-state index in [4.69, 9.17) is 9.47 Å². The summed E-state index contributed by atoms with van der Waals surface area (Å²) in [6, 6.07) is 0. The molecule has 0 aliphatic carbocycles. The molecule has 0 aromatic heterocycles. The zero-order valence-electron chi connectivity index (χ0n) is 11.2. The zero-order valence-corrected chi connectivity index (χ0v) is 11.2. The van der Waals surface area contributed by atoms with Gasteiger partial charge in [-0.3, -0.25) is 10.2 Å². The Morgan fingerprint density at radius 3 is 2.83 bits per heavy atom. The van der Waals surface area contributed by atoms with Crippen LogP contribution in [0.3, 0.4) is 0 Å². The third kappa shape index (κ3) is 4.23. The van der Waals surface area contributed by atoms with Gasteiger partial charge < -0.3 is 9.47 Å². The molecule has 2 saturated heterocycles. The van der Waals surface area contributed by atoms with Gasteiger partial charge in [0, 0.05) is 19.7 Å². The van der Waals surface area contributed by atoms with E-state index < -0.39 is 6.10 Å². The van der Waals surface area contributed by atoms with Crippen molar-refractivity contribution in [2.45, 2.75) is 51.2 Å². The van der Waals surface area contributed by atoms with E-state index in [1.807, 2.05) is 5.01 Å². The van der Waals surface area contributed by atoms with Gasteiger partial charge >= 0.3 is 0 Å². The van der Waals surface area contributed by atoms with Gasteiger partial charge in [-0.2, -0.15) is 0 Å². The zero-order chi connectivity index (χ0) is 12.8. The highest BCUT2D eigenvalue weighted by molar-refractivity contribution is 5.79. The van der Waals surface area contributed by atoms with Crippen LogP contribution in [0, 0.1) is 0 Å². The van der Waals surface area contributed by atoms with Gasteiger partial charge in [0.25, 0.3) is 5.91 Å². The van der Waals surface area contributed by atoms with Crippen molar-refractivity contribution in [3.63, 3.8) is 0 Å². The van der Waals surface area contributed by atoms with Gasteiger partial charge in [0.05, 0.1) is 12.7 Å². The second-order valence-electron chi connectivity index (χ2n) is 5.13. The molecule has 5 heteroatoms. The molecular formula is C13H24N2O3. The predicted octanol–water partition coefficient (Wildman–Crippen LogP) is 1.09. The molecule has 0 aromatic carbocycles. The van der Waals surface area contributed by atoms with Gasteiger partial charge in [0.15, 0.2) is 0 Å². The number of hydrogen-bond donors (Lipinski definition) is 1. The first kappa shape index (κ1) is 13.8. The molecule has 0 aromatic rings. The summed E-state index contributed by atoms with van der Waals surface area (Å²) in [4.78, 5) is 11.9. The maximum Gasteiger partial charge on any atom is 0.263 e. The molecule has 2 aliphatic heterocycles. The van der Waals surface area contributed by atoms with E-state index >= 15 is 0 Å². The van der Waals surface area contributed by atoms with Crippen molar-refractivity contribution >= 4 is 5.91 Å². The standard InChI is InChI=1S/C13H24N2O3/c1-11(18-10-12-6-5-9-17-12)13(16)14-15-7-3-2-4-8-15/h11-12H,2-10H2,1H3,(H,14,16)/t11-,12+/m0/s1. The molecule has 0 spiro atoms. The van der Waals surface area contributed by atoms with Crippen LogP contribution in [0.15, 0.2) is 0 Å². The van der Waals surface area contributed by atoms with Crippen LogP contribution < -0.4 is 5.43 Å². The van der Waals surface area contributed by atoms with Crippen LogP contribution in [0.2, 0.25) is 0 Å². The summed E-state index contributed by atoms with van der Waals surface area (Å²) in [5.41, 5.74) is 2.92. The lowest BCUT2D eigenvalue weighted by Crippen LogP contribution is -2.49. The molecule has 2 atom stereocenters. The van der Waals surface area contributed by atoms with E-state index in [9.17, 15) is 4.79 Å². The number of hydrazine groups is 1. The van der Waals surface area contributed by atoms with Crippen LogP contribution in [-0.2, 0) is 14.3 Å². The molecule has 1 N–H and O–H groups in total. The summed E-state index contributed by atoms with van der Waals surface area (Å²) in [7, 11) is 0. The number of rotatable bonds is 5. The van der Waals surface area contributed by atoms with Crippen molar-refractivity contribution < 1.29 is 14.3 Å². The SMILES string of the molecule is C[C@H](OC[C@H]1CCCO1)C(=O)NN1CCCCC1. The third-order valence-corrected chi connectivity index (χ3v) is 3.55. The van der Waals surface area contributed by atoms with E-state index in [2.05, 4.69) is 5.43 Å². The molecule has 104 valence electrons. The van der Waals surface area contributed by atoms with Crippen LogP contribution in [0.5, 0.6) is 0 Å². The Kier molecular flexibility index (Phi) is 5.41. The highest BCUT2D eigenvalue weighted by Gasteiger charge is 2.21. The number of carbonyl (C=O) groups is 1. The molecule has 2 fully saturated rings. The summed E-state index contributed by atoms with van der Waals surface area (Å²) in [6.07, 6.45) is 5.49. The largest absolute Gasteiger partial charge is 0.376 e. The van der Waals surface area contributed by atoms with E-state index in [1.54, 1.807) is 6.92 Å². The molecule has 5 nitrogen and oxygen atoms in total. The quantitative estimate of drug-likeness (QED) is 0.800. The van der Waals surface area contributed by atoms with Crippen LogP contribution in [-0.4, -0.2) is 49.4 Å². The molecule has 0 unspecified atom stereocenters. The van der Waals surface area contributed by atoms with Crippen LogP contribution in [0.4, 0.5) is 0 Å². The van der Waals surface area contributed by atoms with E-state index in [0.717, 1.165) is 45.4 Å². The van der Waals surface area contributed by atoms with Gasteiger partial charge in [-0.25, -0.2) is 5.01 Å². The number of nitrogens with zero attached hydrogens (tertiary/aromatic N) is 1. The number of ether oxygens (including phenoxy) is 2. The van der Waals surface area contributed by atoms with Crippen molar-refractivity contribution in [2.24, 2.45) is 0 Å². The van der Waals surface area contributed by atoms with Crippen LogP contribution in [0.1, 0.15) is 39.0 Å². The molecule has 0 saturated carbocycles. The topological polar surface area (TPSA) is 50.8 Å². The van der Waals surface area contributed by atoms with Gasteiger partial charge in [0.1, 0.15) is 6.10 Å². The second kappa shape index (κ2) is 7.07. The molecule has 1 amide bonds. The Morgan fingerprint density at radius 1 is 1.39 bits per heavy atom. The van der Waals surface area contributed by atoms with Crippen molar-refractivity contribution in [2.75, 3.05) is 26.3 Å². The molecule has 2 rings (SSSR count). The summed E-state index contributed by atoms with van der Waals surface area (Å²) >= 11 is 0. The average Bonchev–Trinajstić information content (AvgIpc) is 2.90.